The van der Waals surface area contributed by atoms with Crippen LogP contribution in [-0.4, -0.2) is 51.7 Å². The van der Waals surface area contributed by atoms with Crippen molar-refractivity contribution in [1.82, 2.24) is 4.31 Å². The number of aliphatic hydroxyl groups excluding tert-OH is 1. The van der Waals surface area contributed by atoms with Gasteiger partial charge in [-0.25, -0.2) is 8.42 Å². The van der Waals surface area contributed by atoms with E-state index < -0.39 is 10.0 Å². The molecular formula is C13H17NO4S. The number of methoxy groups -OCH3 is 1. The van der Waals surface area contributed by atoms with Crippen LogP contribution in [0.4, 0.5) is 0 Å². The van der Waals surface area contributed by atoms with E-state index >= 15 is 0 Å². The molecule has 1 rings (SSSR count). The molecule has 0 saturated heterocycles. The van der Waals surface area contributed by atoms with Crippen LogP contribution in [0.2, 0.25) is 0 Å². The minimum atomic E-state index is -3.54. The Bertz CT molecular complexity index is 572. The van der Waals surface area contributed by atoms with Gasteiger partial charge in [-0.2, -0.15) is 4.31 Å². The van der Waals surface area contributed by atoms with Crippen LogP contribution < -0.4 is 0 Å². The third kappa shape index (κ3) is 4.33. The summed E-state index contributed by atoms with van der Waals surface area (Å²) in [4.78, 5) is 0.177. The zero-order chi connectivity index (χ0) is 14.3. The van der Waals surface area contributed by atoms with Crippen LogP contribution in [0.3, 0.4) is 0 Å². The Morgan fingerprint density at radius 1 is 1.42 bits per heavy atom. The maximum absolute atomic E-state index is 12.2. The van der Waals surface area contributed by atoms with Gasteiger partial charge in [0.2, 0.25) is 10.0 Å². The van der Waals surface area contributed by atoms with E-state index in [0.717, 1.165) is 0 Å². The molecule has 0 heterocycles. The molecule has 1 N–H and O–H groups in total. The fourth-order valence-electron chi connectivity index (χ4n) is 1.40. The highest BCUT2D eigenvalue weighted by atomic mass is 32.2. The van der Waals surface area contributed by atoms with Crippen LogP contribution >= 0.6 is 0 Å². The van der Waals surface area contributed by atoms with Crippen molar-refractivity contribution >= 4 is 10.0 Å². The molecule has 0 saturated carbocycles. The molecule has 5 nitrogen and oxygen atoms in total. The summed E-state index contributed by atoms with van der Waals surface area (Å²) >= 11 is 0. The molecule has 0 amide bonds. The van der Waals surface area contributed by atoms with Crippen molar-refractivity contribution in [3.63, 3.8) is 0 Å². The smallest absolute Gasteiger partial charge is 0.242 e. The van der Waals surface area contributed by atoms with E-state index in [1.165, 1.54) is 30.6 Å². The molecule has 0 fully saturated rings. The number of ether oxygens (including phenoxy) is 1. The third-order valence-corrected chi connectivity index (χ3v) is 4.32. The van der Waals surface area contributed by atoms with Gasteiger partial charge >= 0.3 is 0 Å². The molecule has 1 aromatic rings. The van der Waals surface area contributed by atoms with Crippen molar-refractivity contribution in [2.75, 3.05) is 33.9 Å². The molecule has 0 aliphatic heterocycles. The Kier molecular flexibility index (Phi) is 5.99. The first-order valence-electron chi connectivity index (χ1n) is 5.67. The Morgan fingerprint density at radius 2 is 2.16 bits per heavy atom. The van der Waals surface area contributed by atoms with Crippen molar-refractivity contribution in [2.45, 2.75) is 4.90 Å². The van der Waals surface area contributed by atoms with Gasteiger partial charge in [0.25, 0.3) is 0 Å². The standard InChI is InChI=1S/C13H17NO4S/c1-14(8-10-18-2)19(16,17)13-7-3-5-12(11-13)6-4-9-15/h3,5,7,11,15H,8-10H2,1-2H3. The van der Waals surface area contributed by atoms with E-state index in [0.29, 0.717) is 12.2 Å². The van der Waals surface area contributed by atoms with Gasteiger partial charge < -0.3 is 9.84 Å². The first-order valence-corrected chi connectivity index (χ1v) is 7.11. The number of rotatable bonds is 5. The molecule has 0 spiro atoms. The topological polar surface area (TPSA) is 66.8 Å². The van der Waals surface area contributed by atoms with Crippen LogP contribution in [0.5, 0.6) is 0 Å². The van der Waals surface area contributed by atoms with Gasteiger partial charge in [-0.05, 0) is 18.2 Å². The van der Waals surface area contributed by atoms with Gasteiger partial charge in [0.15, 0.2) is 0 Å². The monoisotopic (exact) mass is 283 g/mol. The molecule has 0 radical (unpaired) electrons. The van der Waals surface area contributed by atoms with Crippen molar-refractivity contribution in [2.24, 2.45) is 0 Å². The summed E-state index contributed by atoms with van der Waals surface area (Å²) in [7, 11) is -0.516. The minimum absolute atomic E-state index is 0.177. The maximum atomic E-state index is 12.2. The number of hydrogen-bond donors (Lipinski definition) is 1. The number of sulfonamides is 1. The number of benzene rings is 1. The molecule has 19 heavy (non-hydrogen) atoms. The highest BCUT2D eigenvalue weighted by molar-refractivity contribution is 7.89. The average molecular weight is 283 g/mol. The van der Waals surface area contributed by atoms with Gasteiger partial charge in [-0.15, -0.1) is 0 Å². The summed E-state index contributed by atoms with van der Waals surface area (Å²) < 4.78 is 30.6. The highest BCUT2D eigenvalue weighted by Crippen LogP contribution is 2.15. The lowest BCUT2D eigenvalue weighted by atomic mass is 10.2. The Hall–Kier alpha value is -1.39. The Morgan fingerprint density at radius 3 is 2.79 bits per heavy atom. The van der Waals surface area contributed by atoms with Crippen LogP contribution in [0.15, 0.2) is 29.2 Å². The van der Waals surface area contributed by atoms with Crippen LogP contribution in [0.1, 0.15) is 5.56 Å². The summed E-state index contributed by atoms with van der Waals surface area (Å²) in [5, 5.41) is 8.63. The van der Waals surface area contributed by atoms with Crippen molar-refractivity contribution in [1.29, 1.82) is 0 Å². The van der Waals surface area contributed by atoms with E-state index in [1.54, 1.807) is 12.1 Å². The lowest BCUT2D eigenvalue weighted by Crippen LogP contribution is -2.30. The molecular weight excluding hydrogens is 266 g/mol. The minimum Gasteiger partial charge on any atom is -0.384 e. The Labute approximate surface area is 113 Å². The van der Waals surface area contributed by atoms with E-state index in [1.807, 2.05) is 0 Å². The van der Waals surface area contributed by atoms with Gasteiger partial charge in [0.05, 0.1) is 11.5 Å². The van der Waals surface area contributed by atoms with E-state index in [4.69, 9.17) is 9.84 Å². The normalized spacial score (nSPS) is 11.2. The fraction of sp³-hybridized carbons (Fsp3) is 0.385. The molecule has 1 aromatic carbocycles. The highest BCUT2D eigenvalue weighted by Gasteiger charge is 2.20. The first kappa shape index (κ1) is 15.7. The second kappa shape index (κ2) is 7.26. The molecule has 0 bridgehead atoms. The predicted molar refractivity (Wildman–Crippen MR) is 72.1 cm³/mol. The van der Waals surface area contributed by atoms with Crippen LogP contribution in [0.25, 0.3) is 0 Å². The zero-order valence-electron chi connectivity index (χ0n) is 11.0. The fourth-order valence-corrected chi connectivity index (χ4v) is 2.60. The summed E-state index contributed by atoms with van der Waals surface area (Å²) in [6.45, 7) is 0.357. The van der Waals surface area contributed by atoms with Gasteiger partial charge in [0.1, 0.15) is 6.61 Å². The molecule has 0 aromatic heterocycles. The van der Waals surface area contributed by atoms with Crippen molar-refractivity contribution < 1.29 is 18.3 Å². The maximum Gasteiger partial charge on any atom is 0.242 e. The van der Waals surface area contributed by atoms with Gasteiger partial charge in [-0.1, -0.05) is 17.9 Å². The SMILES string of the molecule is COCCN(C)S(=O)(=O)c1cccc(C#CCO)c1. The lowest BCUT2D eigenvalue weighted by Gasteiger charge is -2.16. The molecule has 0 atom stereocenters. The first-order chi connectivity index (χ1) is 9.02. The molecule has 6 heteroatoms. The number of aliphatic hydroxyl groups is 1. The van der Waals surface area contributed by atoms with Crippen LogP contribution in [-0.2, 0) is 14.8 Å². The van der Waals surface area contributed by atoms with E-state index in [2.05, 4.69) is 11.8 Å². The quantitative estimate of drug-likeness (QED) is 0.789. The van der Waals surface area contributed by atoms with E-state index in [9.17, 15) is 8.42 Å². The molecule has 0 aliphatic rings. The third-order valence-electron chi connectivity index (χ3n) is 2.46. The van der Waals surface area contributed by atoms with Crippen molar-refractivity contribution in [3.8, 4) is 11.8 Å². The van der Waals surface area contributed by atoms with Gasteiger partial charge in [0, 0.05) is 26.3 Å². The van der Waals surface area contributed by atoms with Gasteiger partial charge in [-0.3, -0.25) is 0 Å². The lowest BCUT2D eigenvalue weighted by molar-refractivity contribution is 0.185. The predicted octanol–water partition coefficient (Wildman–Crippen LogP) is 0.297. The second-order valence-corrected chi connectivity index (χ2v) is 5.85. The summed E-state index contributed by atoms with van der Waals surface area (Å²) in [5.74, 6) is 5.17. The molecule has 0 aliphatic carbocycles. The number of likely N-dealkylation sites (N-methyl/N-ethyl adjacent to an activating group) is 1. The molecule has 104 valence electrons. The summed E-state index contributed by atoms with van der Waals surface area (Å²) in [5.41, 5.74) is 0.551. The number of nitrogens with zero attached hydrogens (tertiary/aromatic N) is 1. The molecule has 0 unspecified atom stereocenters. The largest absolute Gasteiger partial charge is 0.384 e. The van der Waals surface area contributed by atoms with Crippen LogP contribution in [0, 0.1) is 11.8 Å². The summed E-state index contributed by atoms with van der Waals surface area (Å²) in [6.07, 6.45) is 0. The second-order valence-electron chi connectivity index (χ2n) is 3.81. The summed E-state index contributed by atoms with van der Waals surface area (Å²) in [6, 6.07) is 6.32. The number of hydrogen-bond acceptors (Lipinski definition) is 4. The van der Waals surface area contributed by atoms with E-state index in [-0.39, 0.29) is 18.0 Å². The van der Waals surface area contributed by atoms with Crippen molar-refractivity contribution in [3.05, 3.63) is 29.8 Å². The zero-order valence-corrected chi connectivity index (χ0v) is 11.8. The average Bonchev–Trinajstić information content (AvgIpc) is 2.42. The Balaban J connectivity index is 3.01.